The van der Waals surface area contributed by atoms with E-state index >= 15 is 0 Å². The summed E-state index contributed by atoms with van der Waals surface area (Å²) in [6.07, 6.45) is 1.02. The molecule has 0 atom stereocenters. The molecular formula is C20H29ClFN5S. The first kappa shape index (κ1) is 22.6. The van der Waals surface area contributed by atoms with E-state index in [1.807, 2.05) is 13.8 Å². The van der Waals surface area contributed by atoms with E-state index in [0.29, 0.717) is 15.7 Å². The first-order chi connectivity index (χ1) is 13.4. The zero-order valence-electron chi connectivity index (χ0n) is 17.0. The molecule has 2 aromatic rings. The minimum absolute atomic E-state index is 0.268. The number of aryl methyl sites for hydroxylation is 1. The Kier molecular flexibility index (Phi) is 8.66. The zero-order valence-corrected chi connectivity index (χ0v) is 18.6. The van der Waals surface area contributed by atoms with E-state index in [0.717, 1.165) is 49.7 Å². The van der Waals surface area contributed by atoms with Crippen molar-refractivity contribution in [3.8, 4) is 0 Å². The maximum absolute atomic E-state index is 14.1. The van der Waals surface area contributed by atoms with Crippen LogP contribution in [0.15, 0.2) is 18.2 Å². The number of nitrogens with one attached hydrogen (secondary N) is 2. The van der Waals surface area contributed by atoms with Crippen molar-refractivity contribution in [3.63, 3.8) is 0 Å². The lowest BCUT2D eigenvalue weighted by Gasteiger charge is -2.18. The first-order valence-corrected chi connectivity index (χ1v) is 10.4. The number of aromatic nitrogens is 2. The molecular weight excluding hydrogens is 397 g/mol. The summed E-state index contributed by atoms with van der Waals surface area (Å²) in [7, 11) is 0. The van der Waals surface area contributed by atoms with Crippen LogP contribution in [-0.2, 0) is 6.54 Å². The third kappa shape index (κ3) is 5.90. The van der Waals surface area contributed by atoms with Crippen molar-refractivity contribution in [1.82, 2.24) is 20.0 Å². The number of rotatable bonds is 9. The maximum Gasteiger partial charge on any atom is 0.170 e. The van der Waals surface area contributed by atoms with E-state index in [2.05, 4.69) is 34.5 Å². The molecule has 28 heavy (non-hydrogen) atoms. The molecule has 1 aromatic carbocycles. The SMILES string of the molecule is CCN(CC)CCCNC(=S)Nc1c(C)nn(Cc2c(F)cccc2Cl)c1C. The van der Waals surface area contributed by atoms with Crippen molar-refractivity contribution in [1.29, 1.82) is 0 Å². The van der Waals surface area contributed by atoms with Crippen LogP contribution >= 0.6 is 23.8 Å². The third-order valence-corrected chi connectivity index (χ3v) is 5.42. The zero-order chi connectivity index (χ0) is 20.7. The van der Waals surface area contributed by atoms with Gasteiger partial charge in [-0.3, -0.25) is 4.68 Å². The summed E-state index contributed by atoms with van der Waals surface area (Å²) < 4.78 is 15.8. The first-order valence-electron chi connectivity index (χ1n) is 9.61. The summed E-state index contributed by atoms with van der Waals surface area (Å²) >= 11 is 11.6. The molecule has 2 N–H and O–H groups in total. The number of hydrogen-bond acceptors (Lipinski definition) is 3. The molecule has 0 spiro atoms. The summed E-state index contributed by atoms with van der Waals surface area (Å²) in [5.41, 5.74) is 2.95. The van der Waals surface area contributed by atoms with Crippen LogP contribution < -0.4 is 10.6 Å². The normalized spacial score (nSPS) is 11.1. The topological polar surface area (TPSA) is 45.1 Å². The van der Waals surface area contributed by atoms with Gasteiger partial charge in [0, 0.05) is 17.1 Å². The van der Waals surface area contributed by atoms with Crippen LogP contribution in [0.25, 0.3) is 0 Å². The summed E-state index contributed by atoms with van der Waals surface area (Å²) in [5, 5.41) is 11.9. The number of anilines is 1. The Bertz CT molecular complexity index is 784. The molecule has 8 heteroatoms. The van der Waals surface area contributed by atoms with Crippen LogP contribution in [0.1, 0.15) is 37.2 Å². The highest BCUT2D eigenvalue weighted by Gasteiger charge is 2.15. The van der Waals surface area contributed by atoms with Gasteiger partial charge in [0.2, 0.25) is 0 Å². The van der Waals surface area contributed by atoms with E-state index in [1.165, 1.54) is 6.07 Å². The Morgan fingerprint density at radius 1 is 1.29 bits per heavy atom. The van der Waals surface area contributed by atoms with Crippen molar-refractivity contribution in [2.75, 3.05) is 31.5 Å². The molecule has 0 fully saturated rings. The van der Waals surface area contributed by atoms with Gasteiger partial charge in [0.15, 0.2) is 5.11 Å². The van der Waals surface area contributed by atoms with Crippen LogP contribution in [0, 0.1) is 19.7 Å². The molecule has 5 nitrogen and oxygen atoms in total. The lowest BCUT2D eigenvalue weighted by molar-refractivity contribution is 0.300. The van der Waals surface area contributed by atoms with E-state index in [9.17, 15) is 4.39 Å². The van der Waals surface area contributed by atoms with Crippen LogP contribution in [0.4, 0.5) is 10.1 Å². The molecule has 154 valence electrons. The highest BCUT2D eigenvalue weighted by molar-refractivity contribution is 7.80. The number of halogens is 2. The van der Waals surface area contributed by atoms with Crippen molar-refractivity contribution >= 4 is 34.6 Å². The summed E-state index contributed by atoms with van der Waals surface area (Å²) in [6.45, 7) is 12.4. The third-order valence-electron chi connectivity index (χ3n) is 4.82. The largest absolute Gasteiger partial charge is 0.362 e. The lowest BCUT2D eigenvalue weighted by atomic mass is 10.2. The molecule has 2 rings (SSSR count). The monoisotopic (exact) mass is 425 g/mol. The number of thiocarbonyl (C=S) groups is 1. The molecule has 0 unspecified atom stereocenters. The Hall–Kier alpha value is -1.70. The highest BCUT2D eigenvalue weighted by Crippen LogP contribution is 2.24. The van der Waals surface area contributed by atoms with Crippen LogP contribution in [0.5, 0.6) is 0 Å². The van der Waals surface area contributed by atoms with Gasteiger partial charge < -0.3 is 15.5 Å². The van der Waals surface area contributed by atoms with Crippen molar-refractivity contribution in [2.45, 2.75) is 40.7 Å². The second-order valence-corrected chi connectivity index (χ2v) is 7.48. The quantitative estimate of drug-likeness (QED) is 0.461. The van der Waals surface area contributed by atoms with Crippen molar-refractivity contribution < 1.29 is 4.39 Å². The van der Waals surface area contributed by atoms with Gasteiger partial charge in [0.25, 0.3) is 0 Å². The fourth-order valence-corrected chi connectivity index (χ4v) is 3.49. The fraction of sp³-hybridized carbons (Fsp3) is 0.500. The van der Waals surface area contributed by atoms with Gasteiger partial charge in [0.1, 0.15) is 5.82 Å². The van der Waals surface area contributed by atoms with Crippen LogP contribution in [-0.4, -0.2) is 46.0 Å². The van der Waals surface area contributed by atoms with Gasteiger partial charge >= 0.3 is 0 Å². The van der Waals surface area contributed by atoms with E-state index in [1.54, 1.807) is 16.8 Å². The van der Waals surface area contributed by atoms with Crippen molar-refractivity contribution in [3.05, 3.63) is 46.0 Å². The van der Waals surface area contributed by atoms with Gasteiger partial charge in [-0.05, 0) is 64.3 Å². The Labute approximate surface area is 177 Å². The molecule has 0 saturated heterocycles. The average Bonchev–Trinajstić information content (AvgIpc) is 2.92. The molecule has 0 aliphatic heterocycles. The van der Waals surface area contributed by atoms with Gasteiger partial charge in [-0.2, -0.15) is 5.10 Å². The van der Waals surface area contributed by atoms with E-state index in [4.69, 9.17) is 23.8 Å². The van der Waals surface area contributed by atoms with E-state index < -0.39 is 0 Å². The number of benzene rings is 1. The molecule has 0 aliphatic rings. The molecule has 0 amide bonds. The Morgan fingerprint density at radius 2 is 2.00 bits per heavy atom. The predicted octanol–water partition coefficient (Wildman–Crippen LogP) is 4.36. The molecule has 1 heterocycles. The van der Waals surface area contributed by atoms with Crippen molar-refractivity contribution in [2.24, 2.45) is 0 Å². The van der Waals surface area contributed by atoms with Gasteiger partial charge in [-0.15, -0.1) is 0 Å². The minimum Gasteiger partial charge on any atom is -0.362 e. The molecule has 0 saturated carbocycles. The van der Waals surface area contributed by atoms with Crippen LogP contribution in [0.3, 0.4) is 0 Å². The maximum atomic E-state index is 14.1. The summed E-state index contributed by atoms with van der Waals surface area (Å²) in [4.78, 5) is 2.38. The lowest BCUT2D eigenvalue weighted by Crippen LogP contribution is -2.32. The molecule has 0 radical (unpaired) electrons. The smallest absolute Gasteiger partial charge is 0.170 e. The predicted molar refractivity (Wildman–Crippen MR) is 119 cm³/mol. The highest BCUT2D eigenvalue weighted by atomic mass is 35.5. The van der Waals surface area contributed by atoms with Crippen LogP contribution in [0.2, 0.25) is 5.02 Å². The number of hydrogen-bond donors (Lipinski definition) is 2. The molecule has 1 aromatic heterocycles. The average molecular weight is 426 g/mol. The second kappa shape index (κ2) is 10.7. The Morgan fingerprint density at radius 3 is 2.64 bits per heavy atom. The summed E-state index contributed by atoms with van der Waals surface area (Å²) in [5.74, 6) is -0.333. The standard InChI is InChI=1S/C20H29ClFN5S/c1-5-26(6-2)12-8-11-23-20(28)24-19-14(3)25-27(15(19)4)13-16-17(21)9-7-10-18(16)22/h7,9-10H,5-6,8,11-13H2,1-4H3,(H2,23,24,28). The minimum atomic E-state index is -0.333. The summed E-state index contributed by atoms with van der Waals surface area (Å²) in [6, 6.07) is 4.69. The fourth-order valence-electron chi connectivity index (χ4n) is 3.07. The molecule has 0 bridgehead atoms. The number of nitrogens with zero attached hydrogens (tertiary/aromatic N) is 3. The molecule has 0 aliphatic carbocycles. The van der Waals surface area contributed by atoms with E-state index in [-0.39, 0.29) is 12.4 Å². The van der Waals surface area contributed by atoms with Gasteiger partial charge in [-0.25, -0.2) is 4.39 Å². The Balaban J connectivity index is 1.97. The van der Waals surface area contributed by atoms with Gasteiger partial charge in [-0.1, -0.05) is 31.5 Å². The second-order valence-electron chi connectivity index (χ2n) is 6.67. The van der Waals surface area contributed by atoms with Gasteiger partial charge in [0.05, 0.1) is 23.6 Å².